The van der Waals surface area contributed by atoms with Gasteiger partial charge in [0, 0.05) is 0 Å². The molecule has 0 aromatic carbocycles. The summed E-state index contributed by atoms with van der Waals surface area (Å²) in [5.74, 6) is 0. The minimum atomic E-state index is -2.08. The molecule has 1 aliphatic rings. The van der Waals surface area contributed by atoms with E-state index in [1.165, 1.54) is 0 Å². The first-order chi connectivity index (χ1) is 9.71. The lowest BCUT2D eigenvalue weighted by Gasteiger charge is -2.34. The van der Waals surface area contributed by atoms with Gasteiger partial charge in [-0.25, -0.2) is 8.42 Å². The zero-order valence-electron chi connectivity index (χ0n) is 11.9. The van der Waals surface area contributed by atoms with Gasteiger partial charge in [0.05, 0.1) is 9.81 Å². The normalized spacial score (nSPS) is 19.0. The number of hydrogen-bond acceptors (Lipinski definition) is 2. The Labute approximate surface area is 164 Å². The van der Waals surface area contributed by atoms with Gasteiger partial charge >= 0.3 is 0 Å². The highest BCUT2D eigenvalue weighted by Crippen LogP contribution is 2.54. The van der Waals surface area contributed by atoms with Gasteiger partial charge in [0.15, 0.2) is 0 Å². The second kappa shape index (κ2) is 7.25. The largest absolute Gasteiger partial charge is 0.270 e. The summed E-state index contributed by atoms with van der Waals surface area (Å²) in [5.41, 5.74) is 2.92. The molecular weight excluding hydrogens is 453 g/mol. The van der Waals surface area contributed by atoms with Crippen molar-refractivity contribution in [2.75, 3.05) is 0 Å². The van der Waals surface area contributed by atoms with Crippen LogP contribution in [0, 0.1) is 0 Å². The zero-order valence-corrected chi connectivity index (χ0v) is 18.1. The fourth-order valence-electron chi connectivity index (χ4n) is 1.93. The van der Waals surface area contributed by atoms with Gasteiger partial charge in [0.25, 0.3) is 6.25 Å². The molecule has 0 spiro atoms. The van der Waals surface area contributed by atoms with Crippen LogP contribution in [0.1, 0.15) is 27.7 Å². The standard InChI is InChI=1S/C12H12Cl6O2S2/c1-5(2)7-8(6(3)4)10(22(20)12(16,17)18)9(7)21(19)11(13,14)15/h1-4H3. The first kappa shape index (κ1) is 21.3. The molecule has 2 nitrogen and oxygen atoms in total. The molecule has 2 atom stereocenters. The third kappa shape index (κ3) is 4.26. The highest BCUT2D eigenvalue weighted by atomic mass is 35.6. The molecular formula is C12H12Cl6O2S2. The summed E-state index contributed by atoms with van der Waals surface area (Å²) in [4.78, 5) is 0.307. The summed E-state index contributed by atoms with van der Waals surface area (Å²) in [6, 6.07) is 0. The first-order valence-corrected chi connectivity index (χ1v) is 10.4. The Balaban J connectivity index is 3.77. The summed E-state index contributed by atoms with van der Waals surface area (Å²) >= 11 is 34.4. The van der Waals surface area contributed by atoms with Crippen LogP contribution in [0.4, 0.5) is 0 Å². The Kier molecular flexibility index (Phi) is 7.02. The second-order valence-electron chi connectivity index (χ2n) is 4.84. The average molecular weight is 465 g/mol. The van der Waals surface area contributed by atoms with E-state index in [0.29, 0.717) is 11.1 Å². The van der Waals surface area contributed by atoms with Crippen molar-refractivity contribution in [3.63, 3.8) is 0 Å². The third-order valence-electron chi connectivity index (χ3n) is 2.70. The molecule has 126 valence electrons. The van der Waals surface area contributed by atoms with Crippen LogP contribution in [0.15, 0.2) is 32.1 Å². The Hall–Kier alpha value is 1.26. The van der Waals surface area contributed by atoms with E-state index in [1.807, 2.05) is 27.7 Å². The van der Waals surface area contributed by atoms with E-state index in [0.717, 1.165) is 11.1 Å². The molecule has 0 radical (unpaired) electrons. The van der Waals surface area contributed by atoms with Crippen molar-refractivity contribution in [2.24, 2.45) is 0 Å². The predicted octanol–water partition coefficient (Wildman–Crippen LogP) is 6.04. The van der Waals surface area contributed by atoms with Crippen LogP contribution in [-0.4, -0.2) is 14.7 Å². The number of halogens is 6. The molecule has 2 unspecified atom stereocenters. The Bertz CT molecular complexity index is 586. The fourth-order valence-corrected chi connectivity index (χ4v) is 5.76. The monoisotopic (exact) mass is 462 g/mol. The van der Waals surface area contributed by atoms with Gasteiger partial charge in [0.1, 0.15) is 21.6 Å². The summed E-state index contributed by atoms with van der Waals surface area (Å²) < 4.78 is 20.9. The van der Waals surface area contributed by atoms with E-state index in [4.69, 9.17) is 69.6 Å². The van der Waals surface area contributed by atoms with Crippen molar-refractivity contribution in [3.05, 3.63) is 32.1 Å². The highest BCUT2D eigenvalue weighted by molar-refractivity contribution is 7.99. The van der Waals surface area contributed by atoms with Gasteiger partial charge in [-0.2, -0.15) is 0 Å². The molecule has 0 saturated heterocycles. The van der Waals surface area contributed by atoms with Crippen molar-refractivity contribution < 1.29 is 8.42 Å². The molecule has 0 aliphatic heterocycles. The molecule has 10 heteroatoms. The lowest BCUT2D eigenvalue weighted by atomic mass is 9.87. The van der Waals surface area contributed by atoms with Gasteiger partial charge in [-0.3, -0.25) is 0 Å². The lowest BCUT2D eigenvalue weighted by Crippen LogP contribution is -2.30. The Morgan fingerprint density at radius 2 is 0.909 bits per heavy atom. The quantitative estimate of drug-likeness (QED) is 0.467. The molecule has 0 N–H and O–H groups in total. The van der Waals surface area contributed by atoms with Gasteiger partial charge in [0.2, 0.25) is 0 Å². The van der Waals surface area contributed by atoms with E-state index in [1.54, 1.807) is 0 Å². The van der Waals surface area contributed by atoms with Crippen LogP contribution < -0.4 is 0 Å². The fraction of sp³-hybridized carbons (Fsp3) is 0.500. The van der Waals surface area contributed by atoms with E-state index in [-0.39, 0.29) is 9.81 Å². The van der Waals surface area contributed by atoms with Crippen LogP contribution >= 0.6 is 69.6 Å². The maximum Gasteiger partial charge on any atom is 0.270 e. The minimum Gasteiger partial charge on any atom is -0.250 e. The number of allylic oxidation sites excluding steroid dienone is 4. The van der Waals surface area contributed by atoms with E-state index >= 15 is 0 Å². The average Bonchev–Trinajstić information content (AvgIpc) is 2.23. The van der Waals surface area contributed by atoms with Crippen LogP contribution in [0.25, 0.3) is 0 Å². The summed E-state index contributed by atoms with van der Waals surface area (Å²) in [6.07, 6.45) is 0. The van der Waals surface area contributed by atoms with Crippen LogP contribution in [0.5, 0.6) is 0 Å². The number of rotatable bonds is 2. The summed E-state index contributed by atoms with van der Waals surface area (Å²) in [5, 5.41) is 0. The van der Waals surface area contributed by atoms with Gasteiger partial charge in [-0.1, -0.05) is 80.8 Å². The minimum absolute atomic E-state index is 0.154. The van der Waals surface area contributed by atoms with Gasteiger partial charge in [-0.15, -0.1) is 0 Å². The highest BCUT2D eigenvalue weighted by Gasteiger charge is 2.48. The SMILES string of the molecule is CC(C)=C1C(=C(C)C)C(S(=O)C(Cl)(Cl)Cl)=C1S(=O)C(Cl)(Cl)Cl. The maximum atomic E-state index is 12.5. The molecule has 0 heterocycles. The van der Waals surface area contributed by atoms with E-state index < -0.39 is 27.8 Å². The molecule has 0 fully saturated rings. The molecule has 0 amide bonds. The Morgan fingerprint density at radius 3 is 1.05 bits per heavy atom. The van der Waals surface area contributed by atoms with E-state index in [2.05, 4.69) is 0 Å². The molecule has 0 aromatic heterocycles. The number of hydrogen-bond donors (Lipinski definition) is 0. The molecule has 0 bridgehead atoms. The number of alkyl halides is 6. The summed E-state index contributed by atoms with van der Waals surface area (Å²) in [6.45, 7) is 7.23. The van der Waals surface area contributed by atoms with Crippen LogP contribution in [0.3, 0.4) is 0 Å². The summed E-state index contributed by atoms with van der Waals surface area (Å²) in [7, 11) is -4.11. The molecule has 1 aliphatic carbocycles. The molecule has 1 rings (SSSR count). The zero-order chi connectivity index (χ0) is 17.6. The third-order valence-corrected chi connectivity index (χ3v) is 7.75. The molecule has 0 aromatic rings. The first-order valence-electron chi connectivity index (χ1n) is 5.78. The predicted molar refractivity (Wildman–Crippen MR) is 101 cm³/mol. The van der Waals surface area contributed by atoms with E-state index in [9.17, 15) is 8.42 Å². The van der Waals surface area contributed by atoms with Gasteiger partial charge in [-0.05, 0) is 38.8 Å². The van der Waals surface area contributed by atoms with Crippen molar-refractivity contribution in [1.82, 2.24) is 0 Å². The van der Waals surface area contributed by atoms with Crippen molar-refractivity contribution >= 4 is 91.2 Å². The van der Waals surface area contributed by atoms with Crippen molar-refractivity contribution in [1.29, 1.82) is 0 Å². The van der Waals surface area contributed by atoms with Crippen molar-refractivity contribution in [2.45, 2.75) is 33.9 Å². The lowest BCUT2D eigenvalue weighted by molar-refractivity contribution is 0.683. The van der Waals surface area contributed by atoms with Crippen LogP contribution in [0.2, 0.25) is 0 Å². The second-order valence-corrected chi connectivity index (χ2v) is 13.9. The molecule has 0 saturated carbocycles. The topological polar surface area (TPSA) is 34.1 Å². The van der Waals surface area contributed by atoms with Crippen LogP contribution in [-0.2, 0) is 21.6 Å². The molecule has 22 heavy (non-hydrogen) atoms. The van der Waals surface area contributed by atoms with Crippen molar-refractivity contribution in [3.8, 4) is 0 Å². The smallest absolute Gasteiger partial charge is 0.250 e. The van der Waals surface area contributed by atoms with Gasteiger partial charge < -0.3 is 0 Å². The Morgan fingerprint density at radius 1 is 0.682 bits per heavy atom. The maximum absolute atomic E-state index is 12.5.